The maximum atomic E-state index is 5.82. The summed E-state index contributed by atoms with van der Waals surface area (Å²) >= 11 is 0. The largest absolute Gasteiger partial charge is 0.382 e. The van der Waals surface area contributed by atoms with E-state index in [9.17, 15) is 0 Å². The fourth-order valence-corrected chi connectivity index (χ4v) is 2.33. The van der Waals surface area contributed by atoms with Crippen molar-refractivity contribution in [3.8, 4) is 0 Å². The van der Waals surface area contributed by atoms with Gasteiger partial charge in [-0.25, -0.2) is 4.98 Å². The van der Waals surface area contributed by atoms with Crippen molar-refractivity contribution in [3.05, 3.63) is 35.4 Å². The molecule has 0 bridgehead atoms. The summed E-state index contributed by atoms with van der Waals surface area (Å²) in [5.41, 5.74) is 14.5. The number of anilines is 2. The van der Waals surface area contributed by atoms with E-state index >= 15 is 0 Å². The highest BCUT2D eigenvalue weighted by Gasteiger charge is 2.11. The Kier molecular flexibility index (Phi) is 3.60. The third-order valence-corrected chi connectivity index (χ3v) is 3.24. The first-order chi connectivity index (χ1) is 10.5. The average molecular weight is 298 g/mol. The number of pyridine rings is 1. The lowest BCUT2D eigenvalue weighted by atomic mass is 10.3. The van der Waals surface area contributed by atoms with Crippen molar-refractivity contribution in [2.45, 2.75) is 20.0 Å². The van der Waals surface area contributed by atoms with Crippen LogP contribution in [0.15, 0.2) is 18.2 Å². The number of nitrogens with one attached hydrogen (secondary N) is 1. The average Bonchev–Trinajstić information content (AvgIpc) is 2.81. The summed E-state index contributed by atoms with van der Waals surface area (Å²) in [5, 5.41) is 0. The number of nitrogens with zero attached hydrogens (tertiary/aromatic N) is 5. The monoisotopic (exact) mass is 298 g/mol. The molecule has 0 aromatic carbocycles. The standard InChI is InChI=1S/C14H18N8/c1-8-4-3-5-9(17-8)6-22(2)7-10-18-11-12(15)20-14(16)21-13(11)19-10/h3-5H,6-7H2,1-2H3,(H5,15,16,18,19,20,21). The molecule has 3 heterocycles. The van der Waals surface area contributed by atoms with Gasteiger partial charge in [-0.1, -0.05) is 6.07 Å². The van der Waals surface area contributed by atoms with Crippen LogP contribution in [-0.4, -0.2) is 36.9 Å². The zero-order chi connectivity index (χ0) is 15.7. The number of nitrogens with two attached hydrogens (primary N) is 2. The highest BCUT2D eigenvalue weighted by molar-refractivity contribution is 5.82. The molecule has 0 amide bonds. The second kappa shape index (κ2) is 5.57. The van der Waals surface area contributed by atoms with Crippen molar-refractivity contribution < 1.29 is 0 Å². The lowest BCUT2D eigenvalue weighted by molar-refractivity contribution is 0.308. The first kappa shape index (κ1) is 14.2. The summed E-state index contributed by atoms with van der Waals surface area (Å²) in [6.45, 7) is 3.32. The molecule has 8 nitrogen and oxygen atoms in total. The lowest BCUT2D eigenvalue weighted by Gasteiger charge is -2.14. The van der Waals surface area contributed by atoms with Crippen LogP contribution >= 0.6 is 0 Å². The van der Waals surface area contributed by atoms with Crippen molar-refractivity contribution in [2.24, 2.45) is 0 Å². The second-order valence-corrected chi connectivity index (χ2v) is 5.29. The number of aromatic nitrogens is 5. The smallest absolute Gasteiger partial charge is 0.224 e. The number of hydrogen-bond acceptors (Lipinski definition) is 7. The van der Waals surface area contributed by atoms with E-state index in [-0.39, 0.29) is 5.95 Å². The molecule has 0 aliphatic carbocycles. The highest BCUT2D eigenvalue weighted by atomic mass is 15.2. The molecule has 0 saturated heterocycles. The molecule has 3 rings (SSSR count). The number of aryl methyl sites for hydroxylation is 1. The van der Waals surface area contributed by atoms with Crippen LogP contribution in [0, 0.1) is 6.92 Å². The fraction of sp³-hybridized carbons (Fsp3) is 0.286. The molecule has 0 aliphatic rings. The van der Waals surface area contributed by atoms with Gasteiger partial charge in [0.25, 0.3) is 0 Å². The molecule has 0 unspecified atom stereocenters. The molecule has 22 heavy (non-hydrogen) atoms. The summed E-state index contributed by atoms with van der Waals surface area (Å²) in [5.74, 6) is 1.20. The van der Waals surface area contributed by atoms with Crippen LogP contribution in [0.3, 0.4) is 0 Å². The van der Waals surface area contributed by atoms with Gasteiger partial charge >= 0.3 is 0 Å². The maximum Gasteiger partial charge on any atom is 0.224 e. The van der Waals surface area contributed by atoms with E-state index in [1.165, 1.54) is 0 Å². The van der Waals surface area contributed by atoms with Gasteiger partial charge in [-0.15, -0.1) is 0 Å². The predicted molar refractivity (Wildman–Crippen MR) is 84.7 cm³/mol. The first-order valence-electron chi connectivity index (χ1n) is 6.90. The van der Waals surface area contributed by atoms with Crippen LogP contribution in [0.2, 0.25) is 0 Å². The SMILES string of the molecule is Cc1cccc(CN(C)Cc2nc3nc(N)nc(N)c3[nH]2)n1. The Morgan fingerprint density at radius 3 is 2.68 bits per heavy atom. The van der Waals surface area contributed by atoms with E-state index in [2.05, 4.69) is 29.8 Å². The van der Waals surface area contributed by atoms with Gasteiger partial charge in [0.1, 0.15) is 11.3 Å². The van der Waals surface area contributed by atoms with Crippen LogP contribution in [0.1, 0.15) is 17.2 Å². The molecule has 114 valence electrons. The van der Waals surface area contributed by atoms with Gasteiger partial charge in [0, 0.05) is 12.2 Å². The van der Waals surface area contributed by atoms with Crippen LogP contribution in [0.5, 0.6) is 0 Å². The molecule has 3 aromatic rings. The van der Waals surface area contributed by atoms with E-state index in [0.717, 1.165) is 23.8 Å². The van der Waals surface area contributed by atoms with Gasteiger partial charge in [-0.3, -0.25) is 9.88 Å². The van der Waals surface area contributed by atoms with E-state index < -0.39 is 0 Å². The number of aromatic amines is 1. The van der Waals surface area contributed by atoms with Gasteiger partial charge in [0.2, 0.25) is 5.95 Å². The third kappa shape index (κ3) is 2.96. The second-order valence-electron chi connectivity index (χ2n) is 5.29. The Balaban J connectivity index is 1.76. The molecule has 0 fully saturated rings. The third-order valence-electron chi connectivity index (χ3n) is 3.24. The number of H-pyrrole nitrogens is 1. The fourth-order valence-electron chi connectivity index (χ4n) is 2.33. The van der Waals surface area contributed by atoms with E-state index in [1.807, 2.05) is 32.2 Å². The van der Waals surface area contributed by atoms with Crippen LogP contribution in [0.25, 0.3) is 11.2 Å². The first-order valence-corrected chi connectivity index (χ1v) is 6.90. The molecule has 8 heteroatoms. The molecular formula is C14H18N8. The van der Waals surface area contributed by atoms with Gasteiger partial charge in [-0.2, -0.15) is 9.97 Å². The van der Waals surface area contributed by atoms with Gasteiger partial charge in [-0.05, 0) is 26.1 Å². The van der Waals surface area contributed by atoms with Crippen molar-refractivity contribution in [3.63, 3.8) is 0 Å². The minimum atomic E-state index is 0.125. The Hall–Kier alpha value is -2.74. The van der Waals surface area contributed by atoms with E-state index in [1.54, 1.807) is 0 Å². The quantitative estimate of drug-likeness (QED) is 0.652. The van der Waals surface area contributed by atoms with Crippen molar-refractivity contribution in [1.29, 1.82) is 0 Å². The number of fused-ring (bicyclic) bond motifs is 1. The summed E-state index contributed by atoms with van der Waals surface area (Å²) in [4.78, 5) is 22.1. The Labute approximate surface area is 127 Å². The minimum absolute atomic E-state index is 0.125. The Bertz CT molecular complexity index is 810. The van der Waals surface area contributed by atoms with Crippen LogP contribution < -0.4 is 11.5 Å². The van der Waals surface area contributed by atoms with Gasteiger partial charge in [0.05, 0.1) is 12.2 Å². The predicted octanol–water partition coefficient (Wildman–Crippen LogP) is 0.853. The Morgan fingerprint density at radius 2 is 1.91 bits per heavy atom. The van der Waals surface area contributed by atoms with Gasteiger partial charge < -0.3 is 16.5 Å². The van der Waals surface area contributed by atoms with Crippen LogP contribution in [0.4, 0.5) is 11.8 Å². The highest BCUT2D eigenvalue weighted by Crippen LogP contribution is 2.16. The summed E-state index contributed by atoms with van der Waals surface area (Å²) in [6.07, 6.45) is 0. The lowest BCUT2D eigenvalue weighted by Crippen LogP contribution is -2.18. The molecular weight excluding hydrogens is 280 g/mol. The van der Waals surface area contributed by atoms with E-state index in [4.69, 9.17) is 11.5 Å². The topological polar surface area (TPSA) is 123 Å². The molecule has 0 radical (unpaired) electrons. The van der Waals surface area contributed by atoms with Crippen molar-refractivity contribution >= 4 is 22.9 Å². The summed E-state index contributed by atoms with van der Waals surface area (Å²) in [6, 6.07) is 5.99. The van der Waals surface area contributed by atoms with Crippen LogP contribution in [-0.2, 0) is 13.1 Å². The number of imidazole rings is 1. The molecule has 3 aromatic heterocycles. The molecule has 5 N–H and O–H groups in total. The molecule has 0 spiro atoms. The molecule has 0 atom stereocenters. The zero-order valence-electron chi connectivity index (χ0n) is 12.5. The maximum absolute atomic E-state index is 5.82. The minimum Gasteiger partial charge on any atom is -0.382 e. The summed E-state index contributed by atoms with van der Waals surface area (Å²) in [7, 11) is 2.00. The molecule has 0 aliphatic heterocycles. The number of nitrogen functional groups attached to an aromatic ring is 2. The normalized spacial score (nSPS) is 11.4. The van der Waals surface area contributed by atoms with Crippen molar-refractivity contribution in [1.82, 2.24) is 29.8 Å². The molecule has 0 saturated carbocycles. The van der Waals surface area contributed by atoms with E-state index in [0.29, 0.717) is 23.5 Å². The Morgan fingerprint density at radius 1 is 1.09 bits per heavy atom. The van der Waals surface area contributed by atoms with Gasteiger partial charge in [0.15, 0.2) is 11.5 Å². The zero-order valence-corrected chi connectivity index (χ0v) is 12.5. The number of rotatable bonds is 4. The number of hydrogen-bond donors (Lipinski definition) is 3. The summed E-state index contributed by atoms with van der Waals surface area (Å²) < 4.78 is 0. The van der Waals surface area contributed by atoms with Crippen molar-refractivity contribution in [2.75, 3.05) is 18.5 Å².